The Morgan fingerprint density at radius 1 is 1.35 bits per heavy atom. The lowest BCUT2D eigenvalue weighted by Crippen LogP contribution is -2.61. The number of alkyl halides is 3. The van der Waals surface area contributed by atoms with Crippen LogP contribution in [0, 0.1) is 5.41 Å². The van der Waals surface area contributed by atoms with Crippen molar-refractivity contribution in [2.24, 2.45) is 16.1 Å². The number of para-hydroxylation sites is 2. The molecule has 0 aliphatic heterocycles. The van der Waals surface area contributed by atoms with Gasteiger partial charge in [-0.25, -0.2) is 4.99 Å². The van der Waals surface area contributed by atoms with Crippen LogP contribution in [0.5, 0.6) is 5.75 Å². The number of aliphatic imine (C=N–C) groups is 1. The summed E-state index contributed by atoms with van der Waals surface area (Å²) in [6, 6.07) is 5.79. The number of benzene rings is 1. The van der Waals surface area contributed by atoms with Gasteiger partial charge >= 0.3 is 6.36 Å². The van der Waals surface area contributed by atoms with E-state index in [2.05, 4.69) is 15.0 Å². The summed E-state index contributed by atoms with van der Waals surface area (Å²) >= 11 is 0. The van der Waals surface area contributed by atoms with E-state index in [4.69, 9.17) is 10.5 Å². The summed E-state index contributed by atoms with van der Waals surface area (Å²) in [5.41, 5.74) is 6.10. The van der Waals surface area contributed by atoms with Crippen molar-refractivity contribution in [3.63, 3.8) is 0 Å². The molecule has 5 nitrogen and oxygen atoms in total. The fourth-order valence-electron chi connectivity index (χ4n) is 3.70. The maximum absolute atomic E-state index is 12.5. The Morgan fingerprint density at radius 2 is 2.04 bits per heavy atom. The molecule has 2 aliphatic carbocycles. The van der Waals surface area contributed by atoms with Crippen molar-refractivity contribution in [2.75, 3.05) is 11.9 Å². The van der Waals surface area contributed by atoms with Crippen LogP contribution in [-0.4, -0.2) is 31.1 Å². The molecule has 1 aromatic carbocycles. The average molecular weight is 485 g/mol. The van der Waals surface area contributed by atoms with Crippen LogP contribution in [-0.2, 0) is 4.74 Å². The first kappa shape index (κ1) is 21.1. The normalized spacial score (nSPS) is 24.2. The number of nitrogens with one attached hydrogen (secondary N) is 1. The molecule has 2 fully saturated rings. The summed E-state index contributed by atoms with van der Waals surface area (Å²) in [4.78, 5) is 4.49. The first-order valence-corrected chi connectivity index (χ1v) is 8.41. The lowest BCUT2D eigenvalue weighted by molar-refractivity contribution is -0.274. The smallest absolute Gasteiger partial charge is 0.404 e. The van der Waals surface area contributed by atoms with E-state index >= 15 is 0 Å². The maximum atomic E-state index is 12.5. The predicted octanol–water partition coefficient (Wildman–Crippen LogP) is 4.28. The molecular weight excluding hydrogens is 462 g/mol. The highest BCUT2D eigenvalue weighted by atomic mass is 127. The van der Waals surface area contributed by atoms with Crippen molar-refractivity contribution in [1.29, 1.82) is 0 Å². The van der Waals surface area contributed by atoms with E-state index in [-0.39, 0.29) is 58.9 Å². The number of hydrogen-bond donors (Lipinski definition) is 2. The zero-order valence-electron chi connectivity index (χ0n) is 14.4. The first-order valence-electron chi connectivity index (χ1n) is 8.41. The zero-order chi connectivity index (χ0) is 18.1. The molecule has 146 valence electrons. The Labute approximate surface area is 167 Å². The van der Waals surface area contributed by atoms with Crippen LogP contribution in [0.1, 0.15) is 32.6 Å². The Bertz CT molecular complexity index is 650. The molecule has 3 rings (SSSR count). The van der Waals surface area contributed by atoms with Gasteiger partial charge in [-0.2, -0.15) is 0 Å². The molecule has 2 unspecified atom stereocenters. The second-order valence-electron chi connectivity index (χ2n) is 6.47. The van der Waals surface area contributed by atoms with Crippen LogP contribution in [0.15, 0.2) is 29.3 Å². The van der Waals surface area contributed by atoms with Crippen molar-refractivity contribution >= 4 is 35.6 Å². The minimum absolute atomic E-state index is 0. The molecule has 0 amide bonds. The predicted molar refractivity (Wildman–Crippen MR) is 104 cm³/mol. The molecule has 0 heterocycles. The van der Waals surface area contributed by atoms with Gasteiger partial charge in [0.05, 0.1) is 17.8 Å². The van der Waals surface area contributed by atoms with Gasteiger partial charge in [0, 0.05) is 12.0 Å². The number of hydrogen-bond acceptors (Lipinski definition) is 3. The average Bonchev–Trinajstić information content (AvgIpc) is 2.45. The second-order valence-corrected chi connectivity index (χ2v) is 6.47. The summed E-state index contributed by atoms with van der Waals surface area (Å²) in [6.07, 6.45) is -0.533. The lowest BCUT2D eigenvalue weighted by Gasteiger charge is -2.59. The number of guanidine groups is 1. The monoisotopic (exact) mass is 485 g/mol. The molecule has 1 spiro atoms. The van der Waals surface area contributed by atoms with Crippen LogP contribution in [0.25, 0.3) is 0 Å². The van der Waals surface area contributed by atoms with Gasteiger partial charge in [-0.05, 0) is 38.3 Å². The summed E-state index contributed by atoms with van der Waals surface area (Å²) in [7, 11) is 0. The summed E-state index contributed by atoms with van der Waals surface area (Å²) in [6.45, 7) is 2.63. The highest BCUT2D eigenvalue weighted by Gasteiger charge is 2.59. The largest absolute Gasteiger partial charge is 0.573 e. The number of halogens is 4. The zero-order valence-corrected chi connectivity index (χ0v) is 16.7. The third kappa shape index (κ3) is 4.36. The Morgan fingerprint density at radius 3 is 2.62 bits per heavy atom. The highest BCUT2D eigenvalue weighted by molar-refractivity contribution is 14.0. The Kier molecular flexibility index (Phi) is 6.65. The quantitative estimate of drug-likeness (QED) is 0.371. The molecule has 2 aliphatic rings. The van der Waals surface area contributed by atoms with Gasteiger partial charge in [0.15, 0.2) is 11.7 Å². The van der Waals surface area contributed by atoms with E-state index in [0.29, 0.717) is 6.61 Å². The molecule has 0 saturated heterocycles. The summed E-state index contributed by atoms with van der Waals surface area (Å²) < 4.78 is 47.2. The highest BCUT2D eigenvalue weighted by Crippen LogP contribution is 2.58. The molecule has 0 radical (unpaired) electrons. The third-order valence-corrected chi connectivity index (χ3v) is 5.06. The van der Waals surface area contributed by atoms with Gasteiger partial charge in [0.2, 0.25) is 0 Å². The van der Waals surface area contributed by atoms with Crippen LogP contribution in [0.2, 0.25) is 0 Å². The van der Waals surface area contributed by atoms with Crippen molar-refractivity contribution in [2.45, 2.75) is 51.1 Å². The van der Waals surface area contributed by atoms with E-state index in [9.17, 15) is 13.2 Å². The fraction of sp³-hybridized carbons (Fsp3) is 0.588. The van der Waals surface area contributed by atoms with Gasteiger partial charge in [-0.3, -0.25) is 0 Å². The fourth-order valence-corrected chi connectivity index (χ4v) is 3.70. The standard InChI is InChI=1S/C17H22F3N3O2.HI/c1-2-24-14-10-13(16(14)8-5-9-16)23-15(21)22-11-6-3-4-7-12(11)25-17(18,19)20;/h3-4,6-7,13-14H,2,5,8-10H2,1H3,(H3,21,22,23);1H. The van der Waals surface area contributed by atoms with Gasteiger partial charge < -0.3 is 20.5 Å². The van der Waals surface area contributed by atoms with E-state index in [1.807, 2.05) is 6.92 Å². The first-order chi connectivity index (χ1) is 11.8. The number of nitrogens with two attached hydrogens (primary N) is 1. The second kappa shape index (κ2) is 8.20. The van der Waals surface area contributed by atoms with Gasteiger partial charge in [0.1, 0.15) is 0 Å². The lowest BCUT2D eigenvalue weighted by atomic mass is 9.51. The van der Waals surface area contributed by atoms with Gasteiger partial charge in [-0.1, -0.05) is 18.6 Å². The SMILES string of the molecule is CCOC1CC(N=C(N)Nc2ccccc2OC(F)(F)F)C12CCC2.I. The molecule has 9 heteroatoms. The van der Waals surface area contributed by atoms with Crippen molar-refractivity contribution in [3.05, 3.63) is 24.3 Å². The van der Waals surface area contributed by atoms with Crippen molar-refractivity contribution in [3.8, 4) is 5.75 Å². The van der Waals surface area contributed by atoms with E-state index in [1.165, 1.54) is 18.2 Å². The Balaban J connectivity index is 0.00000243. The topological polar surface area (TPSA) is 68.9 Å². The van der Waals surface area contributed by atoms with Crippen LogP contribution < -0.4 is 15.8 Å². The van der Waals surface area contributed by atoms with Gasteiger partial charge in [-0.15, -0.1) is 37.1 Å². The van der Waals surface area contributed by atoms with E-state index < -0.39 is 6.36 Å². The third-order valence-electron chi connectivity index (χ3n) is 5.06. The molecule has 3 N–H and O–H groups in total. The van der Waals surface area contributed by atoms with Crippen LogP contribution in [0.4, 0.5) is 18.9 Å². The minimum atomic E-state index is -4.77. The minimum Gasteiger partial charge on any atom is -0.404 e. The van der Waals surface area contributed by atoms with Crippen molar-refractivity contribution in [1.82, 2.24) is 0 Å². The number of ether oxygens (including phenoxy) is 2. The molecule has 2 atom stereocenters. The molecule has 0 bridgehead atoms. The summed E-state index contributed by atoms with van der Waals surface area (Å²) in [5.74, 6) is -0.253. The number of rotatable bonds is 5. The molecule has 1 aromatic rings. The van der Waals surface area contributed by atoms with Crippen LogP contribution in [0.3, 0.4) is 0 Å². The van der Waals surface area contributed by atoms with Crippen LogP contribution >= 0.6 is 24.0 Å². The molecule has 26 heavy (non-hydrogen) atoms. The van der Waals surface area contributed by atoms with Gasteiger partial charge in [0.25, 0.3) is 0 Å². The maximum Gasteiger partial charge on any atom is 0.573 e. The number of anilines is 1. The molecule has 0 aromatic heterocycles. The molecule has 2 saturated carbocycles. The van der Waals surface area contributed by atoms with Crippen molar-refractivity contribution < 1.29 is 22.6 Å². The van der Waals surface area contributed by atoms with E-state index in [0.717, 1.165) is 25.7 Å². The summed E-state index contributed by atoms with van der Waals surface area (Å²) in [5, 5.41) is 2.73. The Hall–Kier alpha value is -1.23. The number of nitrogens with zero attached hydrogens (tertiary/aromatic N) is 1. The van der Waals surface area contributed by atoms with E-state index in [1.54, 1.807) is 6.07 Å². The molecular formula is C17H23F3IN3O2.